The summed E-state index contributed by atoms with van der Waals surface area (Å²) in [5, 5.41) is 28.4. The van der Waals surface area contributed by atoms with Crippen molar-refractivity contribution in [2.45, 2.75) is 50.6 Å². The van der Waals surface area contributed by atoms with Gasteiger partial charge >= 0.3 is 19.0 Å². The minimum absolute atomic E-state index is 0. The van der Waals surface area contributed by atoms with E-state index in [2.05, 4.69) is 9.73 Å². The largest absolute Gasteiger partial charge is 0.508 e. The minimum Gasteiger partial charge on any atom is -0.508 e. The first-order chi connectivity index (χ1) is 16.7. The fourth-order valence-electron chi connectivity index (χ4n) is 4.53. The van der Waals surface area contributed by atoms with Crippen molar-refractivity contribution in [1.82, 2.24) is 4.81 Å². The highest BCUT2D eigenvalue weighted by molar-refractivity contribution is 6.46. The van der Waals surface area contributed by atoms with Gasteiger partial charge < -0.3 is 24.7 Å². The van der Waals surface area contributed by atoms with Crippen LogP contribution in [0, 0.1) is 0 Å². The summed E-state index contributed by atoms with van der Waals surface area (Å²) in [5.74, 6) is -0.169. The zero-order valence-corrected chi connectivity index (χ0v) is 21.4. The number of esters is 2. The van der Waals surface area contributed by atoms with Gasteiger partial charge in [0.15, 0.2) is 0 Å². The molecule has 0 saturated carbocycles. The summed E-state index contributed by atoms with van der Waals surface area (Å²) in [6.07, 6.45) is 2.89. The van der Waals surface area contributed by atoms with E-state index in [-0.39, 0.29) is 47.9 Å². The third-order valence-corrected chi connectivity index (χ3v) is 6.26. The van der Waals surface area contributed by atoms with Gasteiger partial charge in [0.05, 0.1) is 14.2 Å². The molecule has 9 nitrogen and oxygen atoms in total. The fraction of sp³-hybridized carbons (Fsp3) is 0.400. The molecule has 2 aromatic carbocycles. The number of nitrogens with zero attached hydrogens (tertiary/aromatic N) is 2. The van der Waals surface area contributed by atoms with Crippen LogP contribution in [0.25, 0.3) is 0 Å². The van der Waals surface area contributed by atoms with E-state index in [1.54, 1.807) is 48.0 Å². The number of phenols is 2. The maximum Gasteiger partial charge on any atom is 0.377 e. The van der Waals surface area contributed by atoms with Gasteiger partial charge in [0, 0.05) is 11.8 Å². The third kappa shape index (κ3) is 6.99. The Morgan fingerprint density at radius 1 is 0.917 bits per heavy atom. The van der Waals surface area contributed by atoms with E-state index in [0.29, 0.717) is 12.8 Å². The smallest absolute Gasteiger partial charge is 0.377 e. The number of carbonyl (C=O) groups excluding carboxylic acids is 2. The molecule has 2 aliphatic heterocycles. The number of carbonyl (C=O) groups is 2. The summed E-state index contributed by atoms with van der Waals surface area (Å²) in [5.41, 5.74) is 2.82. The predicted molar refractivity (Wildman–Crippen MR) is 138 cm³/mol. The highest BCUT2D eigenvalue weighted by Crippen LogP contribution is 2.37. The second-order valence-corrected chi connectivity index (χ2v) is 8.50. The Hall–Kier alpha value is -3.08. The Kier molecular flexibility index (Phi) is 10.8. The van der Waals surface area contributed by atoms with Gasteiger partial charge in [-0.05, 0) is 80.0 Å². The summed E-state index contributed by atoms with van der Waals surface area (Å²) in [7, 11) is 2.00. The van der Waals surface area contributed by atoms with E-state index >= 15 is 0 Å². The van der Waals surface area contributed by atoms with Gasteiger partial charge in [0.1, 0.15) is 23.6 Å². The summed E-state index contributed by atoms with van der Waals surface area (Å²) in [6, 6.07) is 12.9. The van der Waals surface area contributed by atoms with E-state index in [1.165, 1.54) is 14.2 Å². The second-order valence-electron chi connectivity index (χ2n) is 8.50. The van der Waals surface area contributed by atoms with Crippen molar-refractivity contribution in [3.63, 3.8) is 0 Å². The first-order valence-corrected chi connectivity index (χ1v) is 11.5. The molecule has 3 N–H and O–H groups in total. The minimum atomic E-state index is -0.731. The van der Waals surface area contributed by atoms with Crippen molar-refractivity contribution in [2.24, 2.45) is 4.99 Å². The summed E-state index contributed by atoms with van der Waals surface area (Å²) < 4.78 is 9.44. The molecule has 2 aromatic rings. The normalized spacial score (nSPS) is 20.9. The number of methoxy groups -OCH3 is 2. The Morgan fingerprint density at radius 3 is 2.00 bits per heavy atom. The Morgan fingerprint density at radius 2 is 1.47 bits per heavy atom. The molecule has 0 spiro atoms. The Balaban J connectivity index is 0.000000250. The highest BCUT2D eigenvalue weighted by Gasteiger charge is 2.42. The average Bonchev–Trinajstić information content (AvgIpc) is 3.53. The quantitative estimate of drug-likeness (QED) is 0.407. The van der Waals surface area contributed by atoms with Crippen LogP contribution in [0.1, 0.15) is 42.9 Å². The molecular weight excluding hydrogens is 487 g/mol. The lowest BCUT2D eigenvalue weighted by Crippen LogP contribution is -2.46. The monoisotopic (exact) mass is 518 g/mol. The molecule has 194 valence electrons. The van der Waals surface area contributed by atoms with Crippen LogP contribution in [0.2, 0.25) is 6.82 Å². The van der Waals surface area contributed by atoms with Crippen molar-refractivity contribution in [3.05, 3.63) is 59.7 Å². The van der Waals surface area contributed by atoms with Crippen LogP contribution < -0.4 is 0 Å². The highest BCUT2D eigenvalue weighted by atomic mass is 35.5. The van der Waals surface area contributed by atoms with Crippen molar-refractivity contribution in [3.8, 4) is 11.5 Å². The van der Waals surface area contributed by atoms with E-state index < -0.39 is 13.1 Å². The number of hydrogen-bond donors (Lipinski definition) is 3. The van der Waals surface area contributed by atoms with E-state index in [1.807, 2.05) is 12.1 Å². The molecule has 0 aliphatic carbocycles. The van der Waals surface area contributed by atoms with Crippen molar-refractivity contribution < 1.29 is 34.3 Å². The van der Waals surface area contributed by atoms with Crippen molar-refractivity contribution in [1.29, 1.82) is 0 Å². The maximum absolute atomic E-state index is 11.7. The summed E-state index contributed by atoms with van der Waals surface area (Å²) in [6.45, 7) is 1.65. The molecule has 0 aromatic heterocycles. The van der Waals surface area contributed by atoms with Gasteiger partial charge in [-0.2, -0.15) is 0 Å². The first-order valence-electron chi connectivity index (χ1n) is 11.5. The van der Waals surface area contributed by atoms with Crippen LogP contribution in [0.4, 0.5) is 0 Å². The van der Waals surface area contributed by atoms with Gasteiger partial charge in [0.25, 0.3) is 0 Å². The van der Waals surface area contributed by atoms with Crippen LogP contribution in [-0.4, -0.2) is 71.1 Å². The molecule has 36 heavy (non-hydrogen) atoms. The number of halogens is 1. The van der Waals surface area contributed by atoms with Crippen LogP contribution in [0.15, 0.2) is 53.5 Å². The topological polar surface area (TPSA) is 129 Å². The molecule has 0 bridgehead atoms. The first kappa shape index (κ1) is 29.2. The van der Waals surface area contributed by atoms with Gasteiger partial charge in [0.2, 0.25) is 0 Å². The molecule has 2 aliphatic rings. The number of benzene rings is 2. The molecule has 3 atom stereocenters. The Labute approximate surface area is 217 Å². The molecule has 1 fully saturated rings. The number of aliphatic imine (C=N–C) groups is 1. The Bertz CT molecular complexity index is 1050. The fourth-order valence-corrected chi connectivity index (χ4v) is 4.53. The third-order valence-electron chi connectivity index (χ3n) is 6.26. The zero-order valence-electron chi connectivity index (χ0n) is 20.5. The van der Waals surface area contributed by atoms with Gasteiger partial charge in [-0.25, -0.2) is 4.79 Å². The lowest BCUT2D eigenvalue weighted by molar-refractivity contribution is -0.145. The number of phenolic OH excluding ortho intramolecular Hbond substituents is 2. The zero-order chi connectivity index (χ0) is 25.5. The molecule has 0 unspecified atom stereocenters. The van der Waals surface area contributed by atoms with Crippen molar-refractivity contribution in [2.75, 3.05) is 14.2 Å². The second kappa shape index (κ2) is 13.3. The van der Waals surface area contributed by atoms with Crippen LogP contribution in [0.5, 0.6) is 11.5 Å². The molecule has 4 rings (SSSR count). The van der Waals surface area contributed by atoms with E-state index in [4.69, 9.17) is 9.84 Å². The standard InChI is InChI=1S/C13H18BNO4.C12H13NO3.ClH/c1-14(18)15-11(7-8-12(15)13(17)19-2)9-3-5-10(16)6-4-9;1-16-12(15)11-7-6-10(13-11)8-2-4-9(14)5-3-8;/h3-6,11-12,16,18H,7-8H2,1-2H3;2-5,11,14H,6-7H2,1H3;1H/t11-,12+;11-;/m10./s1. The van der Waals surface area contributed by atoms with Gasteiger partial charge in [-0.1, -0.05) is 12.1 Å². The molecule has 2 heterocycles. The number of rotatable bonds is 5. The lowest BCUT2D eigenvalue weighted by atomic mass is 9.81. The van der Waals surface area contributed by atoms with Crippen LogP contribution in [-0.2, 0) is 19.1 Å². The van der Waals surface area contributed by atoms with Crippen molar-refractivity contribution >= 4 is 37.1 Å². The van der Waals surface area contributed by atoms with Crippen LogP contribution >= 0.6 is 12.4 Å². The SMILES string of the molecule is COC(=O)[C@@H]1CCC(c2ccc(O)cc2)=N1.COC(=O)[C@@H]1CC[C@H](c2ccc(O)cc2)N1B(C)O.Cl. The number of aromatic hydroxyl groups is 2. The van der Waals surface area contributed by atoms with Crippen LogP contribution in [0.3, 0.4) is 0 Å². The van der Waals surface area contributed by atoms with Gasteiger partial charge in [-0.3, -0.25) is 14.6 Å². The summed E-state index contributed by atoms with van der Waals surface area (Å²) in [4.78, 5) is 29.1. The molecule has 11 heteroatoms. The number of hydrogen-bond acceptors (Lipinski definition) is 9. The van der Waals surface area contributed by atoms with E-state index in [9.17, 15) is 19.7 Å². The number of ether oxygens (including phenoxy) is 2. The van der Waals surface area contributed by atoms with Gasteiger partial charge in [-0.15, -0.1) is 12.4 Å². The molecule has 0 amide bonds. The molecule has 1 saturated heterocycles. The molecule has 0 radical (unpaired) electrons. The lowest BCUT2D eigenvalue weighted by Gasteiger charge is -2.29. The van der Waals surface area contributed by atoms with E-state index in [0.717, 1.165) is 29.7 Å². The predicted octanol–water partition coefficient (Wildman–Crippen LogP) is 3.12. The maximum atomic E-state index is 11.7. The molecular formula is C25H32BClN2O7. The average molecular weight is 519 g/mol. The summed E-state index contributed by atoms with van der Waals surface area (Å²) >= 11 is 0.